The SMILES string of the molecule is Cc1c(CN=C(N)N2CCN(c3ccc(F)cc3)CC2)cnn1C.I. The molecule has 2 aromatic rings. The van der Waals surface area contributed by atoms with Gasteiger partial charge in [-0.25, -0.2) is 9.38 Å². The van der Waals surface area contributed by atoms with Crippen LogP contribution in [-0.2, 0) is 13.6 Å². The molecule has 1 aromatic heterocycles. The maximum atomic E-state index is 13.0. The zero-order valence-corrected chi connectivity index (χ0v) is 16.9. The van der Waals surface area contributed by atoms with Crippen LogP contribution in [0.5, 0.6) is 0 Å². The fraction of sp³-hybridized carbons (Fsp3) is 0.412. The molecule has 1 aliphatic heterocycles. The standard InChI is InChI=1S/C17H23FN6.HI/c1-13-14(12-21-22(13)2)11-20-17(19)24-9-7-23(8-10-24)16-5-3-15(18)4-6-16;/h3-6,12H,7-11H2,1-2H3,(H2,19,20);1H. The van der Waals surface area contributed by atoms with Gasteiger partial charge in [0, 0.05) is 50.2 Å². The van der Waals surface area contributed by atoms with Crippen LogP contribution >= 0.6 is 24.0 Å². The molecular formula is C17H24FIN6. The van der Waals surface area contributed by atoms with Crippen LogP contribution in [0.4, 0.5) is 10.1 Å². The van der Waals surface area contributed by atoms with Crippen LogP contribution in [0.25, 0.3) is 0 Å². The number of aryl methyl sites for hydroxylation is 1. The van der Waals surface area contributed by atoms with E-state index in [9.17, 15) is 4.39 Å². The van der Waals surface area contributed by atoms with E-state index in [1.807, 2.05) is 37.0 Å². The topological polar surface area (TPSA) is 62.7 Å². The van der Waals surface area contributed by atoms with Crippen LogP contribution in [0.2, 0.25) is 0 Å². The third-order valence-corrected chi connectivity index (χ3v) is 4.54. The number of hydrogen-bond acceptors (Lipinski definition) is 3. The molecule has 0 spiro atoms. The van der Waals surface area contributed by atoms with Gasteiger partial charge in [0.2, 0.25) is 0 Å². The zero-order valence-electron chi connectivity index (χ0n) is 14.5. The lowest BCUT2D eigenvalue weighted by Crippen LogP contribution is -2.51. The highest BCUT2D eigenvalue weighted by Crippen LogP contribution is 2.17. The molecule has 136 valence electrons. The Morgan fingerprint density at radius 2 is 1.84 bits per heavy atom. The van der Waals surface area contributed by atoms with E-state index in [1.54, 1.807) is 0 Å². The van der Waals surface area contributed by atoms with Crippen LogP contribution in [-0.4, -0.2) is 46.8 Å². The van der Waals surface area contributed by atoms with Crippen LogP contribution in [0, 0.1) is 12.7 Å². The Hall–Kier alpha value is -1.84. The van der Waals surface area contributed by atoms with Gasteiger partial charge in [-0.3, -0.25) is 4.68 Å². The highest BCUT2D eigenvalue weighted by molar-refractivity contribution is 14.0. The average molecular weight is 458 g/mol. The van der Waals surface area contributed by atoms with E-state index in [1.165, 1.54) is 12.1 Å². The molecule has 0 unspecified atom stereocenters. The highest BCUT2D eigenvalue weighted by Gasteiger charge is 2.18. The minimum absolute atomic E-state index is 0. The van der Waals surface area contributed by atoms with Crippen molar-refractivity contribution in [1.29, 1.82) is 0 Å². The van der Waals surface area contributed by atoms with Crippen molar-refractivity contribution in [3.05, 3.63) is 47.5 Å². The lowest BCUT2D eigenvalue weighted by molar-refractivity contribution is 0.380. The molecular weight excluding hydrogens is 434 g/mol. The third-order valence-electron chi connectivity index (χ3n) is 4.54. The van der Waals surface area contributed by atoms with Crippen molar-refractivity contribution in [1.82, 2.24) is 14.7 Å². The van der Waals surface area contributed by atoms with E-state index in [-0.39, 0.29) is 29.8 Å². The van der Waals surface area contributed by atoms with Gasteiger partial charge < -0.3 is 15.5 Å². The number of nitrogens with zero attached hydrogens (tertiary/aromatic N) is 5. The minimum Gasteiger partial charge on any atom is -0.370 e. The Balaban J connectivity index is 0.00000225. The first kappa shape index (κ1) is 19.5. The Kier molecular flexibility index (Phi) is 6.63. The average Bonchev–Trinajstić information content (AvgIpc) is 2.92. The fourth-order valence-electron chi connectivity index (χ4n) is 2.81. The molecule has 0 bridgehead atoms. The summed E-state index contributed by atoms with van der Waals surface area (Å²) in [5.41, 5.74) is 9.37. The van der Waals surface area contributed by atoms with Crippen LogP contribution < -0.4 is 10.6 Å². The van der Waals surface area contributed by atoms with E-state index >= 15 is 0 Å². The largest absolute Gasteiger partial charge is 0.370 e. The molecule has 3 rings (SSSR count). The summed E-state index contributed by atoms with van der Waals surface area (Å²) in [6.45, 7) is 5.86. The first-order valence-electron chi connectivity index (χ1n) is 8.07. The maximum absolute atomic E-state index is 13.0. The summed E-state index contributed by atoms with van der Waals surface area (Å²) in [7, 11) is 1.92. The smallest absolute Gasteiger partial charge is 0.191 e. The second-order valence-electron chi connectivity index (χ2n) is 6.00. The summed E-state index contributed by atoms with van der Waals surface area (Å²) in [6, 6.07) is 6.61. The lowest BCUT2D eigenvalue weighted by atomic mass is 10.2. The summed E-state index contributed by atoms with van der Waals surface area (Å²) < 4.78 is 14.8. The second kappa shape index (κ2) is 8.50. The summed E-state index contributed by atoms with van der Waals surface area (Å²) in [5, 5.41) is 4.22. The number of benzene rings is 1. The van der Waals surface area contributed by atoms with Gasteiger partial charge >= 0.3 is 0 Å². The molecule has 1 saturated heterocycles. The molecule has 8 heteroatoms. The molecule has 0 radical (unpaired) electrons. The van der Waals surface area contributed by atoms with E-state index in [4.69, 9.17) is 5.73 Å². The predicted molar refractivity (Wildman–Crippen MR) is 109 cm³/mol. The summed E-state index contributed by atoms with van der Waals surface area (Å²) in [5.74, 6) is 0.358. The lowest BCUT2D eigenvalue weighted by Gasteiger charge is -2.36. The monoisotopic (exact) mass is 458 g/mol. The molecule has 0 saturated carbocycles. The van der Waals surface area contributed by atoms with Gasteiger partial charge in [0.15, 0.2) is 5.96 Å². The van der Waals surface area contributed by atoms with E-state index in [0.29, 0.717) is 12.5 Å². The third kappa shape index (κ3) is 4.62. The number of piperazine rings is 1. The number of halogens is 2. The van der Waals surface area contributed by atoms with Gasteiger partial charge in [-0.1, -0.05) is 0 Å². The van der Waals surface area contributed by atoms with Crippen molar-refractivity contribution in [2.75, 3.05) is 31.1 Å². The summed E-state index contributed by atoms with van der Waals surface area (Å²) in [6.07, 6.45) is 1.83. The molecule has 6 nitrogen and oxygen atoms in total. The first-order chi connectivity index (χ1) is 11.5. The minimum atomic E-state index is -0.209. The molecule has 1 aromatic carbocycles. The van der Waals surface area contributed by atoms with Gasteiger partial charge in [0.25, 0.3) is 0 Å². The number of rotatable bonds is 3. The molecule has 2 N–H and O–H groups in total. The van der Waals surface area contributed by atoms with Gasteiger partial charge in [-0.2, -0.15) is 5.10 Å². The van der Waals surface area contributed by atoms with Crippen molar-refractivity contribution in [3.63, 3.8) is 0 Å². The van der Waals surface area contributed by atoms with Crippen molar-refractivity contribution in [2.24, 2.45) is 17.8 Å². The van der Waals surface area contributed by atoms with Crippen LogP contribution in [0.3, 0.4) is 0 Å². The number of aliphatic imine (C=N–C) groups is 1. The molecule has 25 heavy (non-hydrogen) atoms. The van der Waals surface area contributed by atoms with E-state index in [2.05, 4.69) is 19.9 Å². The molecule has 1 aliphatic rings. The molecule has 2 heterocycles. The van der Waals surface area contributed by atoms with Gasteiger partial charge in [0.1, 0.15) is 5.82 Å². The van der Waals surface area contributed by atoms with Gasteiger partial charge in [0.05, 0.1) is 12.7 Å². The van der Waals surface area contributed by atoms with Gasteiger partial charge in [-0.05, 0) is 31.2 Å². The Labute approximate surface area is 164 Å². The maximum Gasteiger partial charge on any atom is 0.191 e. The predicted octanol–water partition coefficient (Wildman–Crippen LogP) is 2.12. The van der Waals surface area contributed by atoms with E-state index in [0.717, 1.165) is 43.1 Å². The van der Waals surface area contributed by atoms with Crippen LogP contribution in [0.1, 0.15) is 11.3 Å². The molecule has 0 atom stereocenters. The number of nitrogens with two attached hydrogens (primary N) is 1. The van der Waals surface area contributed by atoms with Crippen molar-refractivity contribution in [2.45, 2.75) is 13.5 Å². The van der Waals surface area contributed by atoms with Crippen LogP contribution in [0.15, 0.2) is 35.5 Å². The quantitative estimate of drug-likeness (QED) is 0.435. The number of aromatic nitrogens is 2. The fourth-order valence-corrected chi connectivity index (χ4v) is 2.81. The molecule has 1 fully saturated rings. The molecule has 0 aliphatic carbocycles. The molecule has 0 amide bonds. The normalized spacial score (nSPS) is 15.2. The summed E-state index contributed by atoms with van der Waals surface area (Å²) >= 11 is 0. The Morgan fingerprint density at radius 3 is 2.40 bits per heavy atom. The van der Waals surface area contributed by atoms with Crippen molar-refractivity contribution >= 4 is 35.6 Å². The number of guanidine groups is 1. The Morgan fingerprint density at radius 1 is 1.20 bits per heavy atom. The van der Waals surface area contributed by atoms with Crippen molar-refractivity contribution in [3.8, 4) is 0 Å². The summed E-state index contributed by atoms with van der Waals surface area (Å²) in [4.78, 5) is 8.82. The zero-order chi connectivity index (χ0) is 17.1. The van der Waals surface area contributed by atoms with Crippen molar-refractivity contribution < 1.29 is 4.39 Å². The first-order valence-corrected chi connectivity index (χ1v) is 8.07. The Bertz CT molecular complexity index is 719. The number of hydrogen-bond donors (Lipinski definition) is 1. The van der Waals surface area contributed by atoms with E-state index < -0.39 is 0 Å². The second-order valence-corrected chi connectivity index (χ2v) is 6.00. The number of anilines is 1. The van der Waals surface area contributed by atoms with Gasteiger partial charge in [-0.15, -0.1) is 24.0 Å². The highest BCUT2D eigenvalue weighted by atomic mass is 127.